The second-order valence-electron chi connectivity index (χ2n) is 10.3. The number of aromatic nitrogens is 2. The number of nitrogens with one attached hydrogen (secondary N) is 2. The predicted molar refractivity (Wildman–Crippen MR) is 149 cm³/mol. The second-order valence-corrected chi connectivity index (χ2v) is 12.0. The number of carbonyl (C=O) groups is 1. The molecular weight excluding hydrogens is 552 g/mol. The molecule has 0 bridgehead atoms. The largest absolute Gasteiger partial charge is 0.487 e. The maximum Gasteiger partial charge on any atom is 0.312 e. The number of aromatic amines is 1. The Morgan fingerprint density at radius 1 is 1.20 bits per heavy atom. The number of ether oxygens (including phenoxy) is 3. The van der Waals surface area contributed by atoms with Gasteiger partial charge in [0.15, 0.2) is 5.75 Å². The van der Waals surface area contributed by atoms with Crippen molar-refractivity contribution in [2.75, 3.05) is 13.2 Å². The van der Waals surface area contributed by atoms with Crippen LogP contribution in [-0.4, -0.2) is 48.0 Å². The minimum atomic E-state index is -4.49. The van der Waals surface area contributed by atoms with E-state index in [0.29, 0.717) is 18.0 Å². The number of H-pyrrole nitrogens is 1. The lowest BCUT2D eigenvalue weighted by molar-refractivity contribution is -0.386. The third-order valence-corrected chi connectivity index (χ3v) is 8.00. The minimum Gasteiger partial charge on any atom is -0.487 e. The third-order valence-electron chi connectivity index (χ3n) is 6.67. The summed E-state index contributed by atoms with van der Waals surface area (Å²) in [5.74, 6) is -0.458. The molecule has 0 radical (unpaired) electrons. The Hall–Kier alpha value is -4.49. The molecule has 5 rings (SSSR count). The Bertz CT molecular complexity index is 1720. The lowest BCUT2D eigenvalue weighted by Crippen LogP contribution is -2.36. The number of rotatable bonds is 9. The molecular formula is C28H28N4O8S. The first-order valence-corrected chi connectivity index (χ1v) is 14.3. The number of nitro groups is 1. The van der Waals surface area contributed by atoms with Crippen LogP contribution in [0.25, 0.3) is 11.0 Å². The van der Waals surface area contributed by atoms with E-state index in [4.69, 9.17) is 14.2 Å². The number of carbonyl (C=O) groups excluding carboxylic acids is 1. The van der Waals surface area contributed by atoms with Gasteiger partial charge in [0.2, 0.25) is 0 Å². The van der Waals surface area contributed by atoms with Crippen molar-refractivity contribution in [2.45, 2.75) is 37.2 Å². The molecule has 0 saturated carbocycles. The van der Waals surface area contributed by atoms with Gasteiger partial charge in [0.25, 0.3) is 15.9 Å². The average Bonchev–Trinajstić information content (AvgIpc) is 3.39. The van der Waals surface area contributed by atoms with Crippen LogP contribution in [-0.2, 0) is 14.8 Å². The predicted octanol–water partition coefficient (Wildman–Crippen LogP) is 4.97. The number of fused-ring (bicyclic) bond motifs is 1. The molecule has 2 aromatic heterocycles. The Morgan fingerprint density at radius 3 is 2.78 bits per heavy atom. The van der Waals surface area contributed by atoms with E-state index in [0.717, 1.165) is 30.4 Å². The summed E-state index contributed by atoms with van der Waals surface area (Å²) in [6.45, 7) is 4.73. The summed E-state index contributed by atoms with van der Waals surface area (Å²) in [5, 5.41) is 12.6. The van der Waals surface area contributed by atoms with E-state index in [-0.39, 0.29) is 35.2 Å². The fourth-order valence-corrected chi connectivity index (χ4v) is 5.70. The summed E-state index contributed by atoms with van der Waals surface area (Å²) in [4.78, 5) is 30.9. The van der Waals surface area contributed by atoms with Crippen LogP contribution in [0.1, 0.15) is 37.0 Å². The van der Waals surface area contributed by atoms with E-state index in [1.165, 1.54) is 24.4 Å². The molecule has 0 spiro atoms. The number of pyridine rings is 1. The van der Waals surface area contributed by atoms with E-state index >= 15 is 0 Å². The van der Waals surface area contributed by atoms with Crippen molar-refractivity contribution in [3.05, 3.63) is 82.7 Å². The summed E-state index contributed by atoms with van der Waals surface area (Å²) in [7, 11) is -4.49. The van der Waals surface area contributed by atoms with E-state index in [1.807, 2.05) is 24.6 Å². The SMILES string of the molecule is CC1(C)CC(COc2ccc(S(=O)(=O)NC(=O)c3ccccc3Oc3cnc4[nH]ccc4c3)cc2[N+](=O)[O-])CCO1. The van der Waals surface area contributed by atoms with Crippen molar-refractivity contribution in [1.29, 1.82) is 0 Å². The monoisotopic (exact) mass is 580 g/mol. The first-order chi connectivity index (χ1) is 19.5. The number of sulfonamides is 1. The summed E-state index contributed by atoms with van der Waals surface area (Å²) >= 11 is 0. The molecule has 4 aromatic rings. The van der Waals surface area contributed by atoms with Crippen molar-refractivity contribution < 1.29 is 32.3 Å². The van der Waals surface area contributed by atoms with Crippen LogP contribution < -0.4 is 14.2 Å². The van der Waals surface area contributed by atoms with Crippen LogP contribution >= 0.6 is 0 Å². The van der Waals surface area contributed by atoms with Crippen molar-refractivity contribution in [1.82, 2.24) is 14.7 Å². The lowest BCUT2D eigenvalue weighted by Gasteiger charge is -2.35. The zero-order valence-electron chi connectivity index (χ0n) is 22.3. The maximum atomic E-state index is 13.1. The quantitative estimate of drug-likeness (QED) is 0.206. The number of benzene rings is 2. The van der Waals surface area contributed by atoms with E-state index in [9.17, 15) is 23.3 Å². The van der Waals surface area contributed by atoms with Gasteiger partial charge >= 0.3 is 5.69 Å². The minimum absolute atomic E-state index is 0.0564. The van der Waals surface area contributed by atoms with Gasteiger partial charge in [-0.2, -0.15) is 0 Å². The molecule has 1 atom stereocenters. The molecule has 1 saturated heterocycles. The van der Waals surface area contributed by atoms with Gasteiger partial charge in [-0.1, -0.05) is 12.1 Å². The Morgan fingerprint density at radius 2 is 2.00 bits per heavy atom. The number of para-hydroxylation sites is 1. The molecule has 214 valence electrons. The van der Waals surface area contributed by atoms with Crippen LogP contribution in [0.15, 0.2) is 71.9 Å². The molecule has 1 aliphatic rings. The topological polar surface area (TPSA) is 163 Å². The molecule has 0 aliphatic carbocycles. The van der Waals surface area contributed by atoms with Crippen LogP contribution in [0.4, 0.5) is 5.69 Å². The summed E-state index contributed by atoms with van der Waals surface area (Å²) in [5.41, 5.74) is -0.236. The van der Waals surface area contributed by atoms with Crippen molar-refractivity contribution in [2.24, 2.45) is 5.92 Å². The van der Waals surface area contributed by atoms with Gasteiger partial charge in [-0.25, -0.2) is 18.1 Å². The first kappa shape index (κ1) is 28.1. The second kappa shape index (κ2) is 11.2. The Labute approximate surface area is 235 Å². The van der Waals surface area contributed by atoms with Gasteiger partial charge in [0.05, 0.1) is 33.8 Å². The zero-order chi connectivity index (χ0) is 29.2. The van der Waals surface area contributed by atoms with E-state index < -0.39 is 31.4 Å². The summed E-state index contributed by atoms with van der Waals surface area (Å²) in [6, 6.07) is 12.9. The molecule has 1 fully saturated rings. The molecule has 1 unspecified atom stereocenters. The maximum absolute atomic E-state index is 13.1. The zero-order valence-corrected chi connectivity index (χ0v) is 23.1. The smallest absolute Gasteiger partial charge is 0.312 e. The van der Waals surface area contributed by atoms with Crippen molar-refractivity contribution in [3.63, 3.8) is 0 Å². The van der Waals surface area contributed by atoms with E-state index in [1.54, 1.807) is 24.4 Å². The van der Waals surface area contributed by atoms with Crippen LogP contribution in [0.2, 0.25) is 0 Å². The molecule has 3 heterocycles. The number of amides is 1. The Kier molecular flexibility index (Phi) is 7.65. The van der Waals surface area contributed by atoms with Crippen LogP contribution in [0.5, 0.6) is 17.2 Å². The highest BCUT2D eigenvalue weighted by Crippen LogP contribution is 2.33. The third kappa shape index (κ3) is 6.47. The number of hydrogen-bond donors (Lipinski definition) is 2. The van der Waals surface area contributed by atoms with Gasteiger partial charge in [-0.05, 0) is 69.0 Å². The fourth-order valence-electron chi connectivity index (χ4n) is 4.72. The molecule has 2 N–H and O–H groups in total. The van der Waals surface area contributed by atoms with Crippen molar-refractivity contribution in [3.8, 4) is 17.2 Å². The highest BCUT2D eigenvalue weighted by Gasteiger charge is 2.30. The first-order valence-electron chi connectivity index (χ1n) is 12.8. The van der Waals surface area contributed by atoms with Crippen LogP contribution in [0.3, 0.4) is 0 Å². The number of nitrogens with zero attached hydrogens (tertiary/aromatic N) is 2. The lowest BCUT2D eigenvalue weighted by atomic mass is 9.89. The van der Waals surface area contributed by atoms with Gasteiger partial charge in [0.1, 0.15) is 17.1 Å². The van der Waals surface area contributed by atoms with Gasteiger partial charge in [-0.15, -0.1) is 0 Å². The van der Waals surface area contributed by atoms with Gasteiger partial charge < -0.3 is 19.2 Å². The van der Waals surface area contributed by atoms with Gasteiger partial charge in [0, 0.05) is 24.3 Å². The highest BCUT2D eigenvalue weighted by atomic mass is 32.2. The van der Waals surface area contributed by atoms with Gasteiger partial charge in [-0.3, -0.25) is 14.9 Å². The summed E-state index contributed by atoms with van der Waals surface area (Å²) in [6.07, 6.45) is 4.67. The fraction of sp³-hybridized carbons (Fsp3) is 0.286. The average molecular weight is 581 g/mol. The molecule has 1 amide bonds. The van der Waals surface area contributed by atoms with E-state index in [2.05, 4.69) is 9.97 Å². The normalized spacial score (nSPS) is 16.7. The highest BCUT2D eigenvalue weighted by molar-refractivity contribution is 7.90. The standard InChI is InChI=1S/C28H28N4O8S/c1-28(2)15-18(10-12-39-28)17-38-25-8-7-21(14-23(25)32(34)35)41(36,37)31-27(33)22-5-3-4-6-24(22)40-20-13-19-9-11-29-26(19)30-16-20/h3-9,11,13-14,16,18H,10,12,15,17H2,1-2H3,(H,29,30)(H,31,33). The Balaban J connectivity index is 1.32. The molecule has 2 aromatic carbocycles. The molecule has 41 heavy (non-hydrogen) atoms. The molecule has 1 aliphatic heterocycles. The van der Waals surface area contributed by atoms with Crippen molar-refractivity contribution >= 4 is 32.7 Å². The molecule has 13 heteroatoms. The van der Waals surface area contributed by atoms with Crippen LogP contribution in [0, 0.1) is 16.0 Å². The number of hydrogen-bond acceptors (Lipinski definition) is 9. The number of nitro benzene ring substituents is 1. The molecule has 12 nitrogen and oxygen atoms in total. The summed E-state index contributed by atoms with van der Waals surface area (Å²) < 4.78 is 45.5.